The summed E-state index contributed by atoms with van der Waals surface area (Å²) in [5.41, 5.74) is 0. The Balaban J connectivity index is 0.00000364. The van der Waals surface area contributed by atoms with Gasteiger partial charge in [-0.1, -0.05) is 19.3 Å². The van der Waals surface area contributed by atoms with Crippen LogP contribution in [-0.4, -0.2) is 73.7 Å². The lowest BCUT2D eigenvalue weighted by Crippen LogP contribution is -2.49. The van der Waals surface area contributed by atoms with Gasteiger partial charge >= 0.3 is 0 Å². The van der Waals surface area contributed by atoms with Crippen molar-refractivity contribution in [1.82, 2.24) is 20.4 Å². The molecule has 0 aromatic heterocycles. The van der Waals surface area contributed by atoms with Gasteiger partial charge in [0.1, 0.15) is 0 Å². The van der Waals surface area contributed by atoms with E-state index in [1.807, 2.05) is 0 Å². The van der Waals surface area contributed by atoms with Crippen molar-refractivity contribution in [2.45, 2.75) is 90.3 Å². The first-order valence-electron chi connectivity index (χ1n) is 11.1. The van der Waals surface area contributed by atoms with Gasteiger partial charge in [-0.25, -0.2) is 0 Å². The van der Waals surface area contributed by atoms with Crippen LogP contribution in [0.3, 0.4) is 0 Å². The maximum absolute atomic E-state index is 4.83. The average Bonchev–Trinajstić information content (AvgIpc) is 2.66. The van der Waals surface area contributed by atoms with Crippen LogP contribution in [0.1, 0.15) is 72.1 Å². The van der Waals surface area contributed by atoms with Crippen molar-refractivity contribution < 1.29 is 0 Å². The molecule has 2 rings (SSSR count). The zero-order valence-corrected chi connectivity index (χ0v) is 20.5. The predicted octanol–water partition coefficient (Wildman–Crippen LogP) is 3.69. The van der Waals surface area contributed by atoms with Crippen LogP contribution in [-0.2, 0) is 0 Å². The molecule has 160 valence electrons. The molecule has 1 aliphatic heterocycles. The van der Waals surface area contributed by atoms with Crippen LogP contribution in [0.25, 0.3) is 0 Å². The first kappa shape index (κ1) is 25.0. The molecule has 0 spiro atoms. The Morgan fingerprint density at radius 2 is 1.78 bits per heavy atom. The van der Waals surface area contributed by atoms with Crippen molar-refractivity contribution in [2.75, 3.05) is 39.8 Å². The number of piperidine rings is 1. The maximum Gasteiger partial charge on any atom is 0.191 e. The minimum atomic E-state index is 0. The van der Waals surface area contributed by atoms with Gasteiger partial charge in [-0.05, 0) is 66.5 Å². The molecule has 0 unspecified atom stereocenters. The maximum atomic E-state index is 4.83. The molecule has 1 saturated heterocycles. The largest absolute Gasteiger partial charge is 0.357 e. The highest BCUT2D eigenvalue weighted by Crippen LogP contribution is 2.21. The van der Waals surface area contributed by atoms with E-state index in [0.29, 0.717) is 12.1 Å². The van der Waals surface area contributed by atoms with Gasteiger partial charge in [0.15, 0.2) is 5.96 Å². The summed E-state index contributed by atoms with van der Waals surface area (Å²) in [4.78, 5) is 9.97. The van der Waals surface area contributed by atoms with Gasteiger partial charge in [0.25, 0.3) is 0 Å². The Hall–Kier alpha value is -0.0800. The van der Waals surface area contributed by atoms with Gasteiger partial charge in [-0.15, -0.1) is 24.0 Å². The van der Waals surface area contributed by atoms with Crippen LogP contribution >= 0.6 is 24.0 Å². The van der Waals surface area contributed by atoms with E-state index < -0.39 is 0 Å². The lowest BCUT2D eigenvalue weighted by atomic mass is 9.94. The molecule has 1 aliphatic carbocycles. The third-order valence-electron chi connectivity index (χ3n) is 6.08. The highest BCUT2D eigenvalue weighted by atomic mass is 127. The van der Waals surface area contributed by atoms with Crippen molar-refractivity contribution in [1.29, 1.82) is 0 Å². The monoisotopic (exact) mass is 493 g/mol. The Morgan fingerprint density at radius 1 is 1.11 bits per heavy atom. The summed E-state index contributed by atoms with van der Waals surface area (Å²) in [6, 6.07) is 2.04. The zero-order chi connectivity index (χ0) is 18.8. The standard InChI is InChI=1S/C21H43N5.HI/c1-5-22-21(24-19-12-16-26(17-13-19)18(2)3)23-14-9-15-25(4)20-10-7-6-8-11-20;/h18-20H,5-17H2,1-4H3,(H2,22,23,24);1H. The normalized spacial score (nSPS) is 20.7. The van der Waals surface area contributed by atoms with Gasteiger partial charge in [0.05, 0.1) is 0 Å². The second-order valence-electron chi connectivity index (χ2n) is 8.43. The number of nitrogens with zero attached hydrogens (tertiary/aromatic N) is 3. The van der Waals surface area contributed by atoms with E-state index in [1.54, 1.807) is 0 Å². The molecular formula is C21H44IN5. The van der Waals surface area contributed by atoms with E-state index in [-0.39, 0.29) is 24.0 Å². The smallest absolute Gasteiger partial charge is 0.191 e. The lowest BCUT2D eigenvalue weighted by Gasteiger charge is -2.35. The fraction of sp³-hybridized carbons (Fsp3) is 0.952. The van der Waals surface area contributed by atoms with Crippen LogP contribution in [0.5, 0.6) is 0 Å². The molecule has 0 atom stereocenters. The van der Waals surface area contributed by atoms with Gasteiger partial charge in [-0.3, -0.25) is 4.99 Å². The molecule has 2 fully saturated rings. The molecule has 1 saturated carbocycles. The molecule has 2 N–H and O–H groups in total. The molecule has 0 aromatic rings. The first-order valence-corrected chi connectivity index (χ1v) is 11.1. The van der Waals surface area contributed by atoms with Crippen molar-refractivity contribution >= 4 is 29.9 Å². The Bertz CT molecular complexity index is 401. The van der Waals surface area contributed by atoms with Crippen LogP contribution in [0.2, 0.25) is 0 Å². The van der Waals surface area contributed by atoms with Crippen molar-refractivity contribution in [3.8, 4) is 0 Å². The molecule has 5 nitrogen and oxygen atoms in total. The van der Waals surface area contributed by atoms with E-state index in [9.17, 15) is 0 Å². The molecule has 0 amide bonds. The van der Waals surface area contributed by atoms with E-state index in [1.165, 1.54) is 64.6 Å². The Kier molecular flexibility index (Phi) is 12.9. The van der Waals surface area contributed by atoms with Gasteiger partial charge < -0.3 is 20.4 Å². The highest BCUT2D eigenvalue weighted by Gasteiger charge is 2.21. The van der Waals surface area contributed by atoms with Crippen LogP contribution in [0.4, 0.5) is 0 Å². The minimum absolute atomic E-state index is 0. The summed E-state index contributed by atoms with van der Waals surface area (Å²) in [6.45, 7) is 12.1. The number of nitrogens with one attached hydrogen (secondary N) is 2. The van der Waals surface area contributed by atoms with E-state index in [0.717, 1.165) is 31.5 Å². The quantitative estimate of drug-likeness (QED) is 0.234. The number of hydrogen-bond acceptors (Lipinski definition) is 3. The molecule has 0 bridgehead atoms. The molecular weight excluding hydrogens is 449 g/mol. The number of guanidine groups is 1. The third-order valence-corrected chi connectivity index (χ3v) is 6.08. The third kappa shape index (κ3) is 9.31. The number of rotatable bonds is 8. The van der Waals surface area contributed by atoms with Crippen molar-refractivity contribution in [2.24, 2.45) is 4.99 Å². The Labute approximate surface area is 185 Å². The minimum Gasteiger partial charge on any atom is -0.357 e. The first-order chi connectivity index (χ1) is 12.6. The van der Waals surface area contributed by atoms with E-state index >= 15 is 0 Å². The molecule has 6 heteroatoms. The van der Waals surface area contributed by atoms with Gasteiger partial charge in [0.2, 0.25) is 0 Å². The fourth-order valence-electron chi connectivity index (χ4n) is 4.29. The molecule has 2 aliphatic rings. The number of hydrogen-bond donors (Lipinski definition) is 2. The predicted molar refractivity (Wildman–Crippen MR) is 128 cm³/mol. The average molecular weight is 494 g/mol. The van der Waals surface area contributed by atoms with E-state index in [2.05, 4.69) is 48.3 Å². The van der Waals surface area contributed by atoms with Crippen molar-refractivity contribution in [3.05, 3.63) is 0 Å². The topological polar surface area (TPSA) is 42.9 Å². The molecule has 1 heterocycles. The summed E-state index contributed by atoms with van der Waals surface area (Å²) in [6.07, 6.45) is 10.6. The lowest BCUT2D eigenvalue weighted by molar-refractivity contribution is 0.167. The summed E-state index contributed by atoms with van der Waals surface area (Å²) < 4.78 is 0. The van der Waals surface area contributed by atoms with Gasteiger partial charge in [-0.2, -0.15) is 0 Å². The summed E-state index contributed by atoms with van der Waals surface area (Å²) >= 11 is 0. The van der Waals surface area contributed by atoms with Gasteiger partial charge in [0, 0.05) is 44.3 Å². The number of aliphatic imine (C=N–C) groups is 1. The van der Waals surface area contributed by atoms with Crippen LogP contribution < -0.4 is 10.6 Å². The summed E-state index contributed by atoms with van der Waals surface area (Å²) in [5.74, 6) is 1.01. The summed E-state index contributed by atoms with van der Waals surface area (Å²) in [5, 5.41) is 7.09. The van der Waals surface area contributed by atoms with E-state index in [4.69, 9.17) is 4.99 Å². The molecule has 0 aromatic carbocycles. The fourth-order valence-corrected chi connectivity index (χ4v) is 4.29. The SMILES string of the molecule is CCNC(=NCCCN(C)C1CCCCC1)NC1CCN(C(C)C)CC1.I. The second kappa shape index (κ2) is 14.0. The van der Waals surface area contributed by atoms with Crippen LogP contribution in [0, 0.1) is 0 Å². The number of likely N-dealkylation sites (tertiary alicyclic amines) is 1. The zero-order valence-electron chi connectivity index (χ0n) is 18.2. The van der Waals surface area contributed by atoms with Crippen molar-refractivity contribution in [3.63, 3.8) is 0 Å². The van der Waals surface area contributed by atoms with Crippen LogP contribution in [0.15, 0.2) is 4.99 Å². The number of halogens is 1. The summed E-state index contributed by atoms with van der Waals surface area (Å²) in [7, 11) is 2.30. The highest BCUT2D eigenvalue weighted by molar-refractivity contribution is 14.0. The Morgan fingerprint density at radius 3 is 2.37 bits per heavy atom. The molecule has 0 radical (unpaired) electrons. The molecule has 27 heavy (non-hydrogen) atoms. The second-order valence-corrected chi connectivity index (χ2v) is 8.43.